The average molecular weight is 776 g/mol. The van der Waals surface area contributed by atoms with Gasteiger partial charge in [0.2, 0.25) is 5.91 Å². The Labute approximate surface area is 343 Å². The lowest BCUT2D eigenvalue weighted by Crippen LogP contribution is -2.48. The zero-order valence-corrected chi connectivity index (χ0v) is 37.1. The molecule has 5 nitrogen and oxygen atoms in total. The van der Waals surface area contributed by atoms with E-state index in [1.54, 1.807) is 6.08 Å². The van der Waals surface area contributed by atoms with Gasteiger partial charge in [-0.05, 0) is 44.9 Å². The van der Waals surface area contributed by atoms with Crippen LogP contribution >= 0.6 is 0 Å². The highest BCUT2D eigenvalue weighted by molar-refractivity contribution is 5.80. The molecule has 3 unspecified atom stereocenters. The van der Waals surface area contributed by atoms with E-state index in [9.17, 15) is 20.1 Å². The highest BCUT2D eigenvalue weighted by Gasteiger charge is 2.22. The minimum atomic E-state index is -1.10. The van der Waals surface area contributed by atoms with Crippen molar-refractivity contribution in [1.82, 2.24) is 5.32 Å². The first-order chi connectivity index (χ1) is 27.1. The molecule has 0 spiro atoms. The van der Waals surface area contributed by atoms with E-state index in [1.807, 2.05) is 6.08 Å². The van der Waals surface area contributed by atoms with Crippen molar-refractivity contribution >= 4 is 5.91 Å². The molecule has 326 valence electrons. The first-order valence-corrected chi connectivity index (χ1v) is 24.7. The van der Waals surface area contributed by atoms with Crippen LogP contribution in [0.5, 0.6) is 0 Å². The predicted octanol–water partition coefficient (Wildman–Crippen LogP) is 14.6. The summed E-state index contributed by atoms with van der Waals surface area (Å²) in [6, 6.07) is -0.799. The fourth-order valence-electron chi connectivity index (χ4n) is 7.65. The number of nitrogens with one attached hydrogen (secondary N) is 1. The van der Waals surface area contributed by atoms with Gasteiger partial charge in [-0.15, -0.1) is 0 Å². The standard InChI is InChI=1S/C50H97NO4/c1-3-5-7-9-11-13-15-17-19-21-23-24-25-26-27-29-30-32-34-36-38-40-42-44-48(53)47(46-52)51-50(55)49(54)45-43-41-39-37-35-33-31-28-22-20-18-16-14-12-10-8-6-4-2/h22,28,42,44,47-49,52-54H,3-21,23-27,29-41,43,45-46H2,1-2H3,(H,51,55)/b28-22-,44-42+. The van der Waals surface area contributed by atoms with Crippen LogP contribution in [0.1, 0.15) is 264 Å². The molecule has 0 aromatic carbocycles. The van der Waals surface area contributed by atoms with E-state index in [0.717, 1.165) is 32.1 Å². The summed E-state index contributed by atoms with van der Waals surface area (Å²) in [7, 11) is 0. The summed E-state index contributed by atoms with van der Waals surface area (Å²) in [6.45, 7) is 4.20. The first-order valence-electron chi connectivity index (χ1n) is 24.7. The number of hydrogen-bond acceptors (Lipinski definition) is 4. The topological polar surface area (TPSA) is 89.8 Å². The highest BCUT2D eigenvalue weighted by Crippen LogP contribution is 2.16. The molecule has 0 bridgehead atoms. The van der Waals surface area contributed by atoms with Gasteiger partial charge in [0.15, 0.2) is 0 Å². The summed E-state index contributed by atoms with van der Waals surface area (Å²) in [6.07, 6.45) is 56.5. The van der Waals surface area contributed by atoms with Crippen molar-refractivity contribution in [1.29, 1.82) is 0 Å². The maximum Gasteiger partial charge on any atom is 0.249 e. The second-order valence-corrected chi connectivity index (χ2v) is 17.0. The molecule has 5 heteroatoms. The number of aliphatic hydroxyl groups is 3. The Bertz CT molecular complexity index is 814. The van der Waals surface area contributed by atoms with Gasteiger partial charge in [0.25, 0.3) is 0 Å². The summed E-state index contributed by atoms with van der Waals surface area (Å²) < 4.78 is 0. The number of allylic oxidation sites excluding steroid dienone is 3. The third kappa shape index (κ3) is 40.8. The van der Waals surface area contributed by atoms with Crippen molar-refractivity contribution in [2.45, 2.75) is 283 Å². The Morgan fingerprint density at radius 3 is 1.05 bits per heavy atom. The van der Waals surface area contributed by atoms with E-state index in [-0.39, 0.29) is 6.61 Å². The summed E-state index contributed by atoms with van der Waals surface area (Å²) in [5.41, 5.74) is 0. The van der Waals surface area contributed by atoms with E-state index in [1.165, 1.54) is 212 Å². The van der Waals surface area contributed by atoms with Gasteiger partial charge in [0, 0.05) is 0 Å². The maximum absolute atomic E-state index is 12.5. The molecule has 0 aliphatic carbocycles. The molecule has 0 saturated carbocycles. The molecule has 1 amide bonds. The van der Waals surface area contributed by atoms with Gasteiger partial charge >= 0.3 is 0 Å². The van der Waals surface area contributed by atoms with Gasteiger partial charge in [-0.2, -0.15) is 0 Å². The second kappa shape index (κ2) is 45.5. The van der Waals surface area contributed by atoms with Crippen LogP contribution in [0.15, 0.2) is 24.3 Å². The predicted molar refractivity (Wildman–Crippen MR) is 241 cm³/mol. The van der Waals surface area contributed by atoms with Crippen molar-refractivity contribution in [3.05, 3.63) is 24.3 Å². The summed E-state index contributed by atoms with van der Waals surface area (Å²) in [5, 5.41) is 33.2. The Morgan fingerprint density at radius 1 is 0.436 bits per heavy atom. The Hall–Kier alpha value is -1.17. The summed E-state index contributed by atoms with van der Waals surface area (Å²) >= 11 is 0. The van der Waals surface area contributed by atoms with Crippen LogP contribution < -0.4 is 5.32 Å². The zero-order chi connectivity index (χ0) is 40.1. The second-order valence-electron chi connectivity index (χ2n) is 17.0. The van der Waals surface area contributed by atoms with Gasteiger partial charge in [0.1, 0.15) is 6.10 Å². The van der Waals surface area contributed by atoms with Crippen LogP contribution in [0.2, 0.25) is 0 Å². The molecular formula is C50H97NO4. The van der Waals surface area contributed by atoms with E-state index < -0.39 is 24.2 Å². The van der Waals surface area contributed by atoms with E-state index in [0.29, 0.717) is 6.42 Å². The Kier molecular flexibility index (Phi) is 44.6. The van der Waals surface area contributed by atoms with Crippen molar-refractivity contribution in [3.8, 4) is 0 Å². The number of carbonyl (C=O) groups is 1. The minimum absolute atomic E-state index is 0.363. The lowest BCUT2D eigenvalue weighted by atomic mass is 10.0. The smallest absolute Gasteiger partial charge is 0.249 e. The molecule has 0 aliphatic heterocycles. The van der Waals surface area contributed by atoms with Gasteiger partial charge in [0.05, 0.1) is 18.8 Å². The highest BCUT2D eigenvalue weighted by atomic mass is 16.3. The molecule has 3 atom stereocenters. The average Bonchev–Trinajstić information content (AvgIpc) is 3.19. The molecule has 0 aliphatic rings. The zero-order valence-electron chi connectivity index (χ0n) is 37.1. The van der Waals surface area contributed by atoms with Crippen LogP contribution in [-0.2, 0) is 4.79 Å². The number of unbranched alkanes of at least 4 members (excludes halogenated alkanes) is 35. The maximum atomic E-state index is 12.5. The molecular weight excluding hydrogens is 679 g/mol. The molecule has 55 heavy (non-hydrogen) atoms. The number of hydrogen-bond donors (Lipinski definition) is 4. The Morgan fingerprint density at radius 2 is 0.727 bits per heavy atom. The fourth-order valence-corrected chi connectivity index (χ4v) is 7.65. The molecule has 0 radical (unpaired) electrons. The molecule has 0 saturated heterocycles. The van der Waals surface area contributed by atoms with Crippen molar-refractivity contribution in [2.75, 3.05) is 6.61 Å². The van der Waals surface area contributed by atoms with E-state index in [4.69, 9.17) is 0 Å². The van der Waals surface area contributed by atoms with Gasteiger partial charge in [-0.3, -0.25) is 4.79 Å². The number of aliphatic hydroxyl groups excluding tert-OH is 3. The van der Waals surface area contributed by atoms with Crippen LogP contribution in [0.25, 0.3) is 0 Å². The summed E-state index contributed by atoms with van der Waals surface area (Å²) in [4.78, 5) is 12.5. The van der Waals surface area contributed by atoms with Crippen molar-refractivity contribution < 1.29 is 20.1 Å². The first kappa shape index (κ1) is 53.8. The summed E-state index contributed by atoms with van der Waals surface area (Å²) in [5.74, 6) is -0.505. The lowest BCUT2D eigenvalue weighted by molar-refractivity contribution is -0.131. The Balaban J connectivity index is 3.62. The van der Waals surface area contributed by atoms with Crippen molar-refractivity contribution in [3.63, 3.8) is 0 Å². The largest absolute Gasteiger partial charge is 0.394 e. The molecule has 0 rings (SSSR count). The van der Waals surface area contributed by atoms with E-state index in [2.05, 4.69) is 31.3 Å². The van der Waals surface area contributed by atoms with Crippen LogP contribution in [0.4, 0.5) is 0 Å². The SMILES string of the molecule is CCCCCCCCCC/C=C\CCCCCCCCC(O)C(=O)NC(CO)C(O)/C=C/CCCCCCCCCCCCCCCCCCCCCCC. The van der Waals surface area contributed by atoms with Crippen LogP contribution in [0, 0.1) is 0 Å². The van der Waals surface area contributed by atoms with Crippen molar-refractivity contribution in [2.24, 2.45) is 0 Å². The number of amides is 1. The third-order valence-corrected chi connectivity index (χ3v) is 11.5. The molecule has 0 fully saturated rings. The molecule has 0 heterocycles. The quantitative estimate of drug-likeness (QED) is 0.0366. The molecule has 4 N–H and O–H groups in total. The monoisotopic (exact) mass is 776 g/mol. The fraction of sp³-hybridized carbons (Fsp3) is 0.900. The molecule has 0 aromatic rings. The minimum Gasteiger partial charge on any atom is -0.394 e. The number of carbonyl (C=O) groups excluding carboxylic acids is 1. The molecule has 0 aromatic heterocycles. The van der Waals surface area contributed by atoms with Crippen LogP contribution in [0.3, 0.4) is 0 Å². The third-order valence-electron chi connectivity index (χ3n) is 11.5. The van der Waals surface area contributed by atoms with Gasteiger partial charge in [-0.25, -0.2) is 0 Å². The van der Waals surface area contributed by atoms with Crippen LogP contribution in [-0.4, -0.2) is 46.1 Å². The van der Waals surface area contributed by atoms with E-state index >= 15 is 0 Å². The van der Waals surface area contributed by atoms with Gasteiger partial charge < -0.3 is 20.6 Å². The number of rotatable bonds is 45. The van der Waals surface area contributed by atoms with Gasteiger partial charge in [-0.1, -0.05) is 244 Å². The lowest BCUT2D eigenvalue weighted by Gasteiger charge is -2.21. The normalized spacial score (nSPS) is 13.6.